The van der Waals surface area contributed by atoms with Gasteiger partial charge in [-0.1, -0.05) is 36.4 Å². The van der Waals surface area contributed by atoms with Crippen molar-refractivity contribution in [1.29, 1.82) is 0 Å². The molecule has 238 valence electrons. The van der Waals surface area contributed by atoms with Crippen LogP contribution in [0.4, 0.5) is 16.2 Å². The molecule has 2 aliphatic rings. The number of urea groups is 1. The fourth-order valence-electron chi connectivity index (χ4n) is 6.11. The van der Waals surface area contributed by atoms with Crippen molar-refractivity contribution in [3.05, 3.63) is 82.8 Å². The quantitative estimate of drug-likeness (QED) is 0.232. The number of carbonyl (C=O) groups is 3. The van der Waals surface area contributed by atoms with E-state index in [1.54, 1.807) is 18.2 Å². The summed E-state index contributed by atoms with van der Waals surface area (Å²) in [5.74, 6) is 0.685. The molecule has 0 aromatic heterocycles. The monoisotopic (exact) mass is 678 g/mol. The molecule has 2 saturated heterocycles. The zero-order valence-electron chi connectivity index (χ0n) is 25.3. The number of benzene rings is 3. The number of carboxylic acids is 1. The molecule has 0 saturated carbocycles. The van der Waals surface area contributed by atoms with E-state index in [4.69, 9.17) is 9.47 Å². The van der Waals surface area contributed by atoms with E-state index in [9.17, 15) is 19.5 Å². The first kappa shape index (κ1) is 32.3. The van der Waals surface area contributed by atoms with Crippen molar-refractivity contribution in [2.45, 2.75) is 44.2 Å². The topological polar surface area (TPSA) is 120 Å². The van der Waals surface area contributed by atoms with Crippen LogP contribution in [0.25, 0.3) is 0 Å². The number of halogens is 1. The minimum absolute atomic E-state index is 0.00522. The van der Waals surface area contributed by atoms with Crippen LogP contribution in [0, 0.1) is 5.92 Å². The number of amides is 3. The predicted molar refractivity (Wildman–Crippen MR) is 176 cm³/mol. The third-order valence-corrected chi connectivity index (χ3v) is 9.06. The Morgan fingerprint density at radius 3 is 2.38 bits per heavy atom. The van der Waals surface area contributed by atoms with E-state index in [1.807, 2.05) is 59.5 Å². The molecule has 2 atom stereocenters. The van der Waals surface area contributed by atoms with Crippen LogP contribution in [0.3, 0.4) is 0 Å². The Morgan fingerprint density at radius 1 is 0.956 bits per heavy atom. The van der Waals surface area contributed by atoms with Gasteiger partial charge in [0.15, 0.2) is 0 Å². The molecule has 45 heavy (non-hydrogen) atoms. The molecule has 2 aliphatic heterocycles. The number of nitrogens with zero attached hydrogens (tertiary/aromatic N) is 2. The number of piperidine rings is 1. The summed E-state index contributed by atoms with van der Waals surface area (Å²) in [5, 5.41) is 14.8. The number of para-hydroxylation sites is 2. The van der Waals surface area contributed by atoms with Crippen LogP contribution in [-0.4, -0.2) is 78.2 Å². The lowest BCUT2D eigenvalue weighted by atomic mass is 9.93. The van der Waals surface area contributed by atoms with Crippen molar-refractivity contribution in [1.82, 2.24) is 9.80 Å². The van der Waals surface area contributed by atoms with Crippen LogP contribution >= 0.6 is 15.9 Å². The zero-order valence-corrected chi connectivity index (χ0v) is 26.9. The number of methoxy groups -OCH3 is 1. The first-order valence-corrected chi connectivity index (χ1v) is 16.0. The number of aliphatic carboxylic acids is 1. The van der Waals surface area contributed by atoms with Crippen molar-refractivity contribution in [3.63, 3.8) is 0 Å². The maximum atomic E-state index is 13.8. The van der Waals surface area contributed by atoms with E-state index < -0.39 is 12.0 Å². The molecule has 3 aromatic rings. The first-order valence-electron chi connectivity index (χ1n) is 15.2. The highest BCUT2D eigenvalue weighted by Crippen LogP contribution is 2.30. The number of carboxylic acid groups (broad SMARTS) is 1. The molecular weight excluding hydrogens is 640 g/mol. The molecule has 0 bridgehead atoms. The normalized spacial score (nSPS) is 18.8. The van der Waals surface area contributed by atoms with Gasteiger partial charge in [0.25, 0.3) is 0 Å². The van der Waals surface area contributed by atoms with Gasteiger partial charge in [-0.15, -0.1) is 0 Å². The average Bonchev–Trinajstić information content (AvgIpc) is 3.42. The summed E-state index contributed by atoms with van der Waals surface area (Å²) in [6.45, 7) is 2.85. The summed E-state index contributed by atoms with van der Waals surface area (Å²) in [6, 6.07) is 21.9. The highest BCUT2D eigenvalue weighted by atomic mass is 79.9. The summed E-state index contributed by atoms with van der Waals surface area (Å²) in [7, 11) is 1.53. The smallest absolute Gasteiger partial charge is 0.323 e. The third kappa shape index (κ3) is 8.98. The summed E-state index contributed by atoms with van der Waals surface area (Å²) in [4.78, 5) is 41.9. The standard InChI is InChI=1S/C34H39BrN4O6/c1-44-31-17-24(11-12-30(31)37-34(43)36-29-10-6-5-9-28(29)35)18-32(40)39-22-27(45-26-7-3-2-4-8-26)20-25(39)21-38-15-13-23(14-16-38)19-33(41)42/h2-12,17,23,25,27H,13-16,18-22H2,1H3,(H,41,42)(H2,36,37,43). The van der Waals surface area contributed by atoms with Crippen LogP contribution in [0.5, 0.6) is 11.5 Å². The van der Waals surface area contributed by atoms with E-state index in [0.29, 0.717) is 30.1 Å². The molecule has 2 heterocycles. The maximum Gasteiger partial charge on any atom is 0.323 e. The minimum atomic E-state index is -0.744. The number of anilines is 2. The Bertz CT molecular complexity index is 1480. The van der Waals surface area contributed by atoms with Gasteiger partial charge in [0.2, 0.25) is 5.91 Å². The largest absolute Gasteiger partial charge is 0.495 e. The molecule has 0 spiro atoms. The minimum Gasteiger partial charge on any atom is -0.495 e. The maximum absolute atomic E-state index is 13.8. The SMILES string of the molecule is COc1cc(CC(=O)N2CC(Oc3ccccc3)CC2CN2CCC(CC(=O)O)CC2)ccc1NC(=O)Nc1ccccc1Br. The van der Waals surface area contributed by atoms with Crippen LogP contribution in [0.15, 0.2) is 77.3 Å². The highest BCUT2D eigenvalue weighted by molar-refractivity contribution is 9.10. The Labute approximate surface area is 271 Å². The van der Waals surface area contributed by atoms with Gasteiger partial charge in [-0.05, 0) is 89.7 Å². The second kappa shape index (κ2) is 15.3. The lowest BCUT2D eigenvalue weighted by molar-refractivity contribution is -0.138. The first-order chi connectivity index (χ1) is 21.8. The molecule has 0 aliphatic carbocycles. The number of hydrogen-bond acceptors (Lipinski definition) is 6. The Morgan fingerprint density at radius 2 is 1.67 bits per heavy atom. The van der Waals surface area contributed by atoms with Gasteiger partial charge in [-0.3, -0.25) is 9.59 Å². The van der Waals surface area contributed by atoms with Gasteiger partial charge in [-0.25, -0.2) is 4.79 Å². The van der Waals surface area contributed by atoms with Crippen LogP contribution in [-0.2, 0) is 16.0 Å². The predicted octanol–water partition coefficient (Wildman–Crippen LogP) is 5.88. The number of ether oxygens (including phenoxy) is 2. The molecule has 2 fully saturated rings. The third-order valence-electron chi connectivity index (χ3n) is 8.37. The number of hydrogen-bond donors (Lipinski definition) is 3. The van der Waals surface area contributed by atoms with E-state index in [1.165, 1.54) is 7.11 Å². The Balaban J connectivity index is 1.24. The lowest BCUT2D eigenvalue weighted by Crippen LogP contribution is -2.46. The summed E-state index contributed by atoms with van der Waals surface area (Å²) < 4.78 is 12.6. The van der Waals surface area contributed by atoms with Crippen molar-refractivity contribution >= 4 is 45.2 Å². The van der Waals surface area contributed by atoms with Gasteiger partial charge in [0, 0.05) is 29.9 Å². The van der Waals surface area contributed by atoms with E-state index in [-0.39, 0.29) is 36.8 Å². The van der Waals surface area contributed by atoms with Crippen LogP contribution in [0.2, 0.25) is 0 Å². The molecule has 2 unspecified atom stereocenters. The molecular formula is C34H39BrN4O6. The molecule has 10 nitrogen and oxygen atoms in total. The van der Waals surface area contributed by atoms with Crippen molar-refractivity contribution in [2.75, 3.05) is 43.9 Å². The Kier molecular flexibility index (Phi) is 11.0. The lowest BCUT2D eigenvalue weighted by Gasteiger charge is -2.35. The number of carbonyl (C=O) groups excluding carboxylic acids is 2. The molecule has 3 N–H and O–H groups in total. The van der Waals surface area contributed by atoms with E-state index in [0.717, 1.165) is 48.3 Å². The van der Waals surface area contributed by atoms with E-state index >= 15 is 0 Å². The number of rotatable bonds is 11. The molecule has 5 rings (SSSR count). The second-order valence-corrected chi connectivity index (χ2v) is 12.5. The average molecular weight is 680 g/mol. The van der Waals surface area contributed by atoms with Gasteiger partial charge < -0.3 is 35.0 Å². The Hall–Kier alpha value is -4.09. The van der Waals surface area contributed by atoms with Gasteiger partial charge in [-0.2, -0.15) is 0 Å². The summed E-state index contributed by atoms with van der Waals surface area (Å²) in [6.07, 6.45) is 2.66. The summed E-state index contributed by atoms with van der Waals surface area (Å²) in [5.41, 5.74) is 1.89. The summed E-state index contributed by atoms with van der Waals surface area (Å²) >= 11 is 3.43. The zero-order chi connectivity index (χ0) is 31.8. The molecule has 3 amide bonds. The highest BCUT2D eigenvalue weighted by Gasteiger charge is 2.38. The molecule has 0 radical (unpaired) electrons. The van der Waals surface area contributed by atoms with Crippen LogP contribution in [0.1, 0.15) is 31.2 Å². The van der Waals surface area contributed by atoms with E-state index in [2.05, 4.69) is 31.5 Å². The van der Waals surface area contributed by atoms with Crippen molar-refractivity contribution < 1.29 is 29.0 Å². The van der Waals surface area contributed by atoms with Crippen LogP contribution < -0.4 is 20.1 Å². The number of likely N-dealkylation sites (tertiary alicyclic amines) is 2. The van der Waals surface area contributed by atoms with Crippen molar-refractivity contribution in [3.8, 4) is 11.5 Å². The fraction of sp³-hybridized carbons (Fsp3) is 0.382. The second-order valence-electron chi connectivity index (χ2n) is 11.6. The number of nitrogens with one attached hydrogen (secondary N) is 2. The van der Waals surface area contributed by atoms with Gasteiger partial charge in [0.1, 0.15) is 17.6 Å². The van der Waals surface area contributed by atoms with Crippen molar-refractivity contribution in [2.24, 2.45) is 5.92 Å². The molecule has 3 aromatic carbocycles. The van der Waals surface area contributed by atoms with Gasteiger partial charge in [0.05, 0.1) is 31.5 Å². The fourth-order valence-corrected chi connectivity index (χ4v) is 6.49. The molecule has 11 heteroatoms. The van der Waals surface area contributed by atoms with Gasteiger partial charge >= 0.3 is 12.0 Å².